The Labute approximate surface area is 123 Å². The van der Waals surface area contributed by atoms with Crippen molar-refractivity contribution in [3.8, 4) is 16.9 Å². The van der Waals surface area contributed by atoms with Gasteiger partial charge in [0, 0.05) is 10.9 Å². The molecule has 2 rings (SSSR count). The van der Waals surface area contributed by atoms with Gasteiger partial charge in [0.1, 0.15) is 5.75 Å². The zero-order valence-electron chi connectivity index (χ0n) is 10.0. The van der Waals surface area contributed by atoms with Crippen molar-refractivity contribution in [2.75, 3.05) is 0 Å². The van der Waals surface area contributed by atoms with Crippen molar-refractivity contribution in [2.45, 2.75) is 12.2 Å². The second-order valence-corrected chi connectivity index (χ2v) is 4.71. The number of alkyl halides is 4. The summed E-state index contributed by atoms with van der Waals surface area (Å²) in [6, 6.07) is 10.8. The Hall–Kier alpha value is -1.39. The molecule has 0 radical (unpaired) electrons. The van der Waals surface area contributed by atoms with E-state index in [4.69, 9.17) is 23.2 Å². The summed E-state index contributed by atoms with van der Waals surface area (Å²) in [7, 11) is 0. The van der Waals surface area contributed by atoms with Gasteiger partial charge in [-0.1, -0.05) is 29.8 Å². The van der Waals surface area contributed by atoms with Crippen LogP contribution in [0.25, 0.3) is 11.1 Å². The first-order chi connectivity index (χ1) is 9.39. The van der Waals surface area contributed by atoms with E-state index >= 15 is 0 Å². The van der Waals surface area contributed by atoms with Gasteiger partial charge in [0.15, 0.2) is 0 Å². The van der Waals surface area contributed by atoms with Crippen LogP contribution in [0.3, 0.4) is 0 Å². The molecule has 0 N–H and O–H groups in total. The molecule has 0 amide bonds. The van der Waals surface area contributed by atoms with E-state index in [0.29, 0.717) is 10.6 Å². The number of hydrogen-bond acceptors (Lipinski definition) is 1. The van der Waals surface area contributed by atoms with Gasteiger partial charge in [0.25, 0.3) is 0 Å². The Morgan fingerprint density at radius 2 is 1.80 bits per heavy atom. The Balaban J connectivity index is 2.41. The molecule has 0 heterocycles. The van der Waals surface area contributed by atoms with Gasteiger partial charge in [-0.25, -0.2) is 0 Å². The lowest BCUT2D eigenvalue weighted by molar-refractivity contribution is -0.274. The molecule has 0 spiro atoms. The van der Waals surface area contributed by atoms with Crippen LogP contribution in [0.5, 0.6) is 5.75 Å². The standard InChI is InChI=1S/C14H9Cl2F3O/c15-8-10-6-11(16)4-5-13(10)9-2-1-3-12(7-9)20-14(17,18)19/h1-7H,8H2. The first-order valence-corrected chi connectivity index (χ1v) is 6.51. The molecule has 106 valence electrons. The van der Waals surface area contributed by atoms with Crippen molar-refractivity contribution in [3.05, 3.63) is 53.1 Å². The smallest absolute Gasteiger partial charge is 0.406 e. The molecule has 20 heavy (non-hydrogen) atoms. The van der Waals surface area contributed by atoms with E-state index in [1.54, 1.807) is 24.3 Å². The predicted octanol–water partition coefficient (Wildman–Crippen LogP) is 5.64. The molecular weight excluding hydrogens is 312 g/mol. The fourth-order valence-corrected chi connectivity index (χ4v) is 2.23. The Morgan fingerprint density at radius 1 is 1.05 bits per heavy atom. The number of hydrogen-bond donors (Lipinski definition) is 0. The molecule has 0 aliphatic carbocycles. The largest absolute Gasteiger partial charge is 0.573 e. The van der Waals surface area contributed by atoms with Gasteiger partial charge in [-0.15, -0.1) is 24.8 Å². The fraction of sp³-hybridized carbons (Fsp3) is 0.143. The molecule has 2 aromatic carbocycles. The molecule has 1 nitrogen and oxygen atoms in total. The third-order valence-corrected chi connectivity index (χ3v) is 3.11. The van der Waals surface area contributed by atoms with Crippen molar-refractivity contribution in [1.29, 1.82) is 0 Å². The molecule has 6 heteroatoms. The average molecular weight is 321 g/mol. The van der Waals surface area contributed by atoms with E-state index in [2.05, 4.69) is 4.74 Å². The SMILES string of the molecule is FC(F)(F)Oc1cccc(-c2ccc(Cl)cc2CCl)c1. The van der Waals surface area contributed by atoms with Crippen molar-refractivity contribution in [1.82, 2.24) is 0 Å². The summed E-state index contributed by atoms with van der Waals surface area (Å²) in [4.78, 5) is 0. The highest BCUT2D eigenvalue weighted by molar-refractivity contribution is 6.30. The number of halogens is 5. The molecule has 0 aliphatic rings. The van der Waals surface area contributed by atoms with Gasteiger partial charge in [0.05, 0.1) is 0 Å². The lowest BCUT2D eigenvalue weighted by Crippen LogP contribution is -2.17. The van der Waals surface area contributed by atoms with E-state index < -0.39 is 6.36 Å². The summed E-state index contributed by atoms with van der Waals surface area (Å²) < 4.78 is 40.5. The normalized spacial score (nSPS) is 11.4. The first-order valence-electron chi connectivity index (χ1n) is 5.59. The van der Waals surface area contributed by atoms with Gasteiger partial charge in [-0.3, -0.25) is 0 Å². The number of ether oxygens (including phenoxy) is 1. The molecule has 0 bridgehead atoms. The van der Waals surface area contributed by atoms with Crippen molar-refractivity contribution < 1.29 is 17.9 Å². The summed E-state index contributed by atoms with van der Waals surface area (Å²) in [6.45, 7) is 0. The molecular formula is C14H9Cl2F3O. The van der Waals surface area contributed by atoms with E-state index in [1.165, 1.54) is 18.2 Å². The van der Waals surface area contributed by atoms with Crippen molar-refractivity contribution in [3.63, 3.8) is 0 Å². The molecule has 0 aromatic heterocycles. The van der Waals surface area contributed by atoms with Gasteiger partial charge >= 0.3 is 6.36 Å². The van der Waals surface area contributed by atoms with Crippen LogP contribution in [0.15, 0.2) is 42.5 Å². The maximum absolute atomic E-state index is 12.2. The summed E-state index contributed by atoms with van der Waals surface area (Å²) in [5.41, 5.74) is 2.04. The summed E-state index contributed by atoms with van der Waals surface area (Å²) in [5.74, 6) is -0.0641. The molecule has 0 saturated carbocycles. The van der Waals surface area contributed by atoms with E-state index in [-0.39, 0.29) is 11.6 Å². The third kappa shape index (κ3) is 3.81. The van der Waals surface area contributed by atoms with Gasteiger partial charge < -0.3 is 4.74 Å². The first kappa shape index (κ1) is 15.0. The van der Waals surface area contributed by atoms with Crippen LogP contribution in [0, 0.1) is 0 Å². The minimum atomic E-state index is -4.71. The van der Waals surface area contributed by atoms with Crippen LogP contribution >= 0.6 is 23.2 Å². The maximum atomic E-state index is 12.2. The molecule has 0 saturated heterocycles. The lowest BCUT2D eigenvalue weighted by atomic mass is 10.0. The van der Waals surface area contributed by atoms with Crippen LogP contribution in [0.2, 0.25) is 5.02 Å². The molecule has 0 atom stereocenters. The number of benzene rings is 2. The van der Waals surface area contributed by atoms with Crippen LogP contribution in [0.4, 0.5) is 13.2 Å². The zero-order chi connectivity index (χ0) is 14.8. The van der Waals surface area contributed by atoms with Gasteiger partial charge in [0.2, 0.25) is 0 Å². The molecule has 2 aromatic rings. The number of rotatable bonds is 3. The summed E-state index contributed by atoms with van der Waals surface area (Å²) >= 11 is 11.7. The summed E-state index contributed by atoms with van der Waals surface area (Å²) in [5, 5.41) is 0.520. The monoisotopic (exact) mass is 320 g/mol. The van der Waals surface area contributed by atoms with Gasteiger partial charge in [-0.05, 0) is 41.0 Å². The Morgan fingerprint density at radius 3 is 2.45 bits per heavy atom. The second kappa shape index (κ2) is 5.94. The van der Waals surface area contributed by atoms with E-state index in [1.807, 2.05) is 0 Å². The topological polar surface area (TPSA) is 9.23 Å². The lowest BCUT2D eigenvalue weighted by Gasteiger charge is -2.12. The maximum Gasteiger partial charge on any atom is 0.573 e. The Bertz CT molecular complexity index is 612. The van der Waals surface area contributed by atoms with Crippen LogP contribution in [-0.4, -0.2) is 6.36 Å². The average Bonchev–Trinajstić information content (AvgIpc) is 2.36. The van der Waals surface area contributed by atoms with E-state index in [0.717, 1.165) is 11.1 Å². The second-order valence-electron chi connectivity index (χ2n) is 4.01. The third-order valence-electron chi connectivity index (χ3n) is 2.59. The summed E-state index contributed by atoms with van der Waals surface area (Å²) in [6.07, 6.45) is -4.71. The molecule has 0 unspecified atom stereocenters. The fourth-order valence-electron chi connectivity index (χ4n) is 1.82. The van der Waals surface area contributed by atoms with E-state index in [9.17, 15) is 13.2 Å². The van der Waals surface area contributed by atoms with Crippen molar-refractivity contribution >= 4 is 23.2 Å². The highest BCUT2D eigenvalue weighted by atomic mass is 35.5. The van der Waals surface area contributed by atoms with Crippen LogP contribution in [0.1, 0.15) is 5.56 Å². The Kier molecular flexibility index (Phi) is 4.45. The molecule has 0 aliphatic heterocycles. The van der Waals surface area contributed by atoms with Crippen LogP contribution in [-0.2, 0) is 5.88 Å². The van der Waals surface area contributed by atoms with Gasteiger partial charge in [-0.2, -0.15) is 0 Å². The van der Waals surface area contributed by atoms with Crippen molar-refractivity contribution in [2.24, 2.45) is 0 Å². The zero-order valence-corrected chi connectivity index (χ0v) is 11.6. The highest BCUT2D eigenvalue weighted by Gasteiger charge is 2.31. The minimum Gasteiger partial charge on any atom is -0.406 e. The molecule has 0 fully saturated rings. The van der Waals surface area contributed by atoms with Crippen LogP contribution < -0.4 is 4.74 Å². The predicted molar refractivity (Wildman–Crippen MR) is 73.1 cm³/mol. The quantitative estimate of drug-likeness (QED) is 0.664. The minimum absolute atomic E-state index is 0.209. The highest BCUT2D eigenvalue weighted by Crippen LogP contribution is 2.31.